The van der Waals surface area contributed by atoms with Crippen molar-refractivity contribution in [2.45, 2.75) is 0 Å². The Morgan fingerprint density at radius 1 is 1.14 bits per heavy atom. The Morgan fingerprint density at radius 3 is 2.62 bits per heavy atom. The van der Waals surface area contributed by atoms with E-state index in [1.807, 2.05) is 47.2 Å². The van der Waals surface area contributed by atoms with Gasteiger partial charge in [-0.05, 0) is 40.3 Å². The van der Waals surface area contributed by atoms with E-state index in [-0.39, 0.29) is 0 Å². The van der Waals surface area contributed by atoms with Gasteiger partial charge in [-0.2, -0.15) is 0 Å². The largest absolute Gasteiger partial charge is 0.495 e. The molecular formula is C16H13BrN2OS. The monoisotopic (exact) mass is 360 g/mol. The number of H-pyrrole nitrogens is 1. The molecule has 0 fully saturated rings. The van der Waals surface area contributed by atoms with E-state index < -0.39 is 0 Å². The van der Waals surface area contributed by atoms with Crippen LogP contribution >= 0.6 is 28.1 Å². The molecule has 1 aromatic heterocycles. The maximum atomic E-state index is 5.42. The molecule has 0 unspecified atom stereocenters. The SMILES string of the molecule is COc1cc(-n2c(-c3ccccc3)c[nH]c2=S)ccc1Br. The lowest BCUT2D eigenvalue weighted by Gasteiger charge is -2.11. The Bertz CT molecular complexity index is 824. The van der Waals surface area contributed by atoms with Gasteiger partial charge in [0.25, 0.3) is 0 Å². The van der Waals surface area contributed by atoms with E-state index in [0.29, 0.717) is 4.77 Å². The number of hydrogen-bond acceptors (Lipinski definition) is 2. The van der Waals surface area contributed by atoms with Crippen molar-refractivity contribution in [2.75, 3.05) is 7.11 Å². The van der Waals surface area contributed by atoms with Crippen molar-refractivity contribution < 1.29 is 4.74 Å². The number of rotatable bonds is 3. The minimum atomic E-state index is 0.651. The van der Waals surface area contributed by atoms with Gasteiger partial charge in [-0.25, -0.2) is 0 Å². The van der Waals surface area contributed by atoms with Gasteiger partial charge in [0.05, 0.1) is 23.0 Å². The maximum absolute atomic E-state index is 5.42. The third-order valence-corrected chi connectivity index (χ3v) is 4.19. The zero-order valence-electron chi connectivity index (χ0n) is 11.3. The zero-order valence-corrected chi connectivity index (χ0v) is 13.7. The van der Waals surface area contributed by atoms with Crippen molar-refractivity contribution in [1.29, 1.82) is 0 Å². The number of aromatic amines is 1. The molecule has 0 bridgehead atoms. The van der Waals surface area contributed by atoms with E-state index in [4.69, 9.17) is 17.0 Å². The van der Waals surface area contributed by atoms with Crippen LogP contribution in [0.3, 0.4) is 0 Å². The summed E-state index contributed by atoms with van der Waals surface area (Å²) in [6.07, 6.45) is 1.92. The number of aromatic nitrogens is 2. The molecule has 106 valence electrons. The first-order valence-corrected chi connectivity index (χ1v) is 7.60. The van der Waals surface area contributed by atoms with Crippen LogP contribution in [0.1, 0.15) is 0 Å². The average Bonchev–Trinajstić information content (AvgIpc) is 2.90. The Kier molecular flexibility index (Phi) is 3.94. The summed E-state index contributed by atoms with van der Waals surface area (Å²) in [7, 11) is 1.65. The van der Waals surface area contributed by atoms with Gasteiger partial charge in [0.1, 0.15) is 5.75 Å². The molecule has 21 heavy (non-hydrogen) atoms. The molecule has 2 aromatic carbocycles. The summed E-state index contributed by atoms with van der Waals surface area (Å²) in [5.41, 5.74) is 3.08. The minimum absolute atomic E-state index is 0.651. The number of hydrogen-bond donors (Lipinski definition) is 1. The number of methoxy groups -OCH3 is 1. The highest BCUT2D eigenvalue weighted by Gasteiger charge is 2.10. The molecule has 3 aromatic rings. The summed E-state index contributed by atoms with van der Waals surface area (Å²) < 4.78 is 8.93. The van der Waals surface area contributed by atoms with Crippen molar-refractivity contribution in [1.82, 2.24) is 9.55 Å². The van der Waals surface area contributed by atoms with Gasteiger partial charge >= 0.3 is 0 Å². The number of benzene rings is 2. The lowest BCUT2D eigenvalue weighted by molar-refractivity contribution is 0.412. The number of nitrogens with zero attached hydrogens (tertiary/aromatic N) is 1. The van der Waals surface area contributed by atoms with Gasteiger partial charge in [-0.1, -0.05) is 30.3 Å². The highest BCUT2D eigenvalue weighted by atomic mass is 79.9. The van der Waals surface area contributed by atoms with E-state index >= 15 is 0 Å². The van der Waals surface area contributed by atoms with Crippen LogP contribution in [0.4, 0.5) is 0 Å². The van der Waals surface area contributed by atoms with Crippen molar-refractivity contribution >= 4 is 28.1 Å². The van der Waals surface area contributed by atoms with Crippen molar-refractivity contribution in [3.8, 4) is 22.7 Å². The topological polar surface area (TPSA) is 29.9 Å². The summed E-state index contributed by atoms with van der Waals surface area (Å²) >= 11 is 8.89. The zero-order chi connectivity index (χ0) is 14.8. The molecule has 0 spiro atoms. The van der Waals surface area contributed by atoms with Crippen molar-refractivity contribution in [3.05, 3.63) is 64.0 Å². The molecule has 0 aliphatic heterocycles. The van der Waals surface area contributed by atoms with E-state index in [0.717, 1.165) is 27.2 Å². The molecule has 1 heterocycles. The molecule has 0 aliphatic rings. The molecule has 1 N–H and O–H groups in total. The molecule has 3 nitrogen and oxygen atoms in total. The molecule has 3 rings (SSSR count). The van der Waals surface area contributed by atoms with Gasteiger partial charge < -0.3 is 9.72 Å². The fourth-order valence-electron chi connectivity index (χ4n) is 2.23. The number of ether oxygens (including phenoxy) is 1. The van der Waals surface area contributed by atoms with Gasteiger partial charge in [-0.15, -0.1) is 0 Å². The number of halogens is 1. The van der Waals surface area contributed by atoms with Gasteiger partial charge in [0, 0.05) is 17.8 Å². The molecule has 0 amide bonds. The second-order valence-corrected chi connectivity index (χ2v) is 5.74. The smallest absolute Gasteiger partial charge is 0.182 e. The summed E-state index contributed by atoms with van der Waals surface area (Å²) in [5, 5.41) is 0. The summed E-state index contributed by atoms with van der Waals surface area (Å²) in [6.45, 7) is 0. The molecule has 0 saturated heterocycles. The molecule has 0 radical (unpaired) electrons. The predicted molar refractivity (Wildman–Crippen MR) is 90.6 cm³/mol. The van der Waals surface area contributed by atoms with Crippen LogP contribution in [0, 0.1) is 4.77 Å². The number of imidazole rings is 1. The first-order chi connectivity index (χ1) is 10.2. The maximum Gasteiger partial charge on any atom is 0.182 e. The Hall–Kier alpha value is -1.85. The van der Waals surface area contributed by atoms with Crippen molar-refractivity contribution in [3.63, 3.8) is 0 Å². The molecule has 5 heteroatoms. The molecular weight excluding hydrogens is 348 g/mol. The van der Waals surface area contributed by atoms with Gasteiger partial charge in [-0.3, -0.25) is 4.57 Å². The fraction of sp³-hybridized carbons (Fsp3) is 0.0625. The standard InChI is InChI=1S/C16H13BrN2OS/c1-20-15-9-12(7-8-13(15)17)19-14(10-18-16(19)21)11-5-3-2-4-6-11/h2-10H,1H3,(H,18,21). The quantitative estimate of drug-likeness (QED) is 0.668. The first-order valence-electron chi connectivity index (χ1n) is 6.40. The lowest BCUT2D eigenvalue weighted by atomic mass is 10.1. The summed E-state index contributed by atoms with van der Waals surface area (Å²) in [6, 6.07) is 16.1. The highest BCUT2D eigenvalue weighted by molar-refractivity contribution is 9.10. The van der Waals surface area contributed by atoms with Gasteiger partial charge in [0.15, 0.2) is 4.77 Å². The van der Waals surface area contributed by atoms with Crippen LogP contribution in [0.25, 0.3) is 16.9 Å². The van der Waals surface area contributed by atoms with Crippen LogP contribution in [0.15, 0.2) is 59.2 Å². The average molecular weight is 361 g/mol. The van der Waals surface area contributed by atoms with E-state index in [2.05, 4.69) is 33.0 Å². The molecule has 0 atom stereocenters. The molecule has 0 saturated carbocycles. The first kappa shape index (κ1) is 14.1. The van der Waals surface area contributed by atoms with E-state index in [9.17, 15) is 0 Å². The molecule has 0 aliphatic carbocycles. The predicted octanol–water partition coefficient (Wildman–Crippen LogP) is 4.97. The number of nitrogens with one attached hydrogen (secondary N) is 1. The Labute approximate surface area is 136 Å². The van der Waals surface area contributed by atoms with E-state index in [1.54, 1.807) is 7.11 Å². The normalized spacial score (nSPS) is 10.6. The minimum Gasteiger partial charge on any atom is -0.495 e. The summed E-state index contributed by atoms with van der Waals surface area (Å²) in [4.78, 5) is 3.11. The highest BCUT2D eigenvalue weighted by Crippen LogP contribution is 2.30. The Balaban J connectivity index is 2.20. The van der Waals surface area contributed by atoms with Crippen LogP contribution in [0.5, 0.6) is 5.75 Å². The second kappa shape index (κ2) is 5.87. The Morgan fingerprint density at radius 2 is 1.90 bits per heavy atom. The van der Waals surface area contributed by atoms with E-state index in [1.165, 1.54) is 0 Å². The van der Waals surface area contributed by atoms with Crippen molar-refractivity contribution in [2.24, 2.45) is 0 Å². The third kappa shape index (κ3) is 2.66. The fourth-order valence-corrected chi connectivity index (χ4v) is 2.91. The second-order valence-electron chi connectivity index (χ2n) is 4.50. The van der Waals surface area contributed by atoms with Crippen LogP contribution in [-0.4, -0.2) is 16.7 Å². The van der Waals surface area contributed by atoms with Crippen LogP contribution < -0.4 is 4.74 Å². The van der Waals surface area contributed by atoms with Crippen LogP contribution in [-0.2, 0) is 0 Å². The lowest BCUT2D eigenvalue weighted by Crippen LogP contribution is -1.98. The summed E-state index contributed by atoms with van der Waals surface area (Å²) in [5.74, 6) is 0.773. The third-order valence-electron chi connectivity index (χ3n) is 3.24. The van der Waals surface area contributed by atoms with Gasteiger partial charge in [0.2, 0.25) is 0 Å². The van der Waals surface area contributed by atoms with Crippen LogP contribution in [0.2, 0.25) is 0 Å².